The Bertz CT molecular complexity index is 366. The molecule has 1 aliphatic rings. The zero-order valence-corrected chi connectivity index (χ0v) is 15.1. The van der Waals surface area contributed by atoms with Crippen LogP contribution in [0.1, 0.15) is 34.1 Å². The number of piperazine rings is 1. The second-order valence-electron chi connectivity index (χ2n) is 7.12. The molecule has 2 N–H and O–H groups in total. The van der Waals surface area contributed by atoms with Crippen LogP contribution in [0.2, 0.25) is 0 Å². The van der Waals surface area contributed by atoms with Crippen LogP contribution >= 0.6 is 12.4 Å². The van der Waals surface area contributed by atoms with Crippen LogP contribution in [0.15, 0.2) is 0 Å². The Labute approximate surface area is 143 Å². The van der Waals surface area contributed by atoms with E-state index in [1.165, 1.54) is 4.90 Å². The van der Waals surface area contributed by atoms with Crippen LogP contribution in [0.4, 0.5) is 13.2 Å². The molecule has 0 aromatic heterocycles. The van der Waals surface area contributed by atoms with Crippen molar-refractivity contribution in [3.63, 3.8) is 0 Å². The molecule has 0 aromatic rings. The van der Waals surface area contributed by atoms with Gasteiger partial charge in [0.1, 0.15) is 6.04 Å². The average molecular weight is 360 g/mol. The molecular formula is C15H29ClF3N3O. The Hall–Kier alpha value is -0.530. The predicted molar refractivity (Wildman–Crippen MR) is 87.8 cm³/mol. The first kappa shape index (κ1) is 22.5. The quantitative estimate of drug-likeness (QED) is 0.792. The maximum atomic E-state index is 13.2. The molecule has 1 aliphatic heterocycles. The van der Waals surface area contributed by atoms with Crippen LogP contribution in [0.5, 0.6) is 0 Å². The fourth-order valence-corrected chi connectivity index (χ4v) is 2.31. The van der Waals surface area contributed by atoms with Crippen LogP contribution in [0.25, 0.3) is 0 Å². The Morgan fingerprint density at radius 2 is 1.74 bits per heavy atom. The Morgan fingerprint density at radius 1 is 1.22 bits per heavy atom. The number of nitrogens with zero attached hydrogens (tertiary/aromatic N) is 1. The average Bonchev–Trinajstić information content (AvgIpc) is 2.37. The van der Waals surface area contributed by atoms with Gasteiger partial charge >= 0.3 is 6.18 Å². The van der Waals surface area contributed by atoms with Crippen molar-refractivity contribution >= 4 is 18.3 Å². The van der Waals surface area contributed by atoms with Crippen molar-refractivity contribution in [3.8, 4) is 0 Å². The lowest BCUT2D eigenvalue weighted by atomic mass is 9.80. The van der Waals surface area contributed by atoms with E-state index in [2.05, 4.69) is 10.6 Å². The van der Waals surface area contributed by atoms with E-state index >= 15 is 0 Å². The normalized spacial score (nSPS) is 19.6. The van der Waals surface area contributed by atoms with Crippen molar-refractivity contribution in [3.05, 3.63) is 0 Å². The van der Waals surface area contributed by atoms with Gasteiger partial charge in [-0.2, -0.15) is 13.2 Å². The topological polar surface area (TPSA) is 44.4 Å². The van der Waals surface area contributed by atoms with Gasteiger partial charge in [0.25, 0.3) is 0 Å². The minimum absolute atomic E-state index is 0. The first-order chi connectivity index (χ1) is 10.0. The van der Waals surface area contributed by atoms with E-state index < -0.39 is 12.2 Å². The molecule has 1 saturated heterocycles. The van der Waals surface area contributed by atoms with Gasteiger partial charge in [-0.1, -0.05) is 27.7 Å². The van der Waals surface area contributed by atoms with Crippen LogP contribution < -0.4 is 10.6 Å². The molecule has 4 nitrogen and oxygen atoms in total. The molecule has 2 atom stereocenters. The van der Waals surface area contributed by atoms with E-state index in [1.807, 2.05) is 27.7 Å². The zero-order chi connectivity index (χ0) is 17.0. The molecule has 1 fully saturated rings. The van der Waals surface area contributed by atoms with Gasteiger partial charge in [0.15, 0.2) is 0 Å². The molecule has 0 aromatic carbocycles. The highest BCUT2D eigenvalue weighted by Crippen LogP contribution is 2.28. The van der Waals surface area contributed by atoms with Crippen molar-refractivity contribution in [2.75, 3.05) is 32.7 Å². The third-order valence-corrected chi connectivity index (χ3v) is 4.43. The third-order valence-electron chi connectivity index (χ3n) is 4.43. The number of rotatable bonds is 5. The second-order valence-corrected chi connectivity index (χ2v) is 7.12. The van der Waals surface area contributed by atoms with E-state index in [0.29, 0.717) is 26.2 Å². The number of hydrogen-bond acceptors (Lipinski definition) is 3. The molecule has 23 heavy (non-hydrogen) atoms. The molecule has 1 heterocycles. The molecule has 2 unspecified atom stereocenters. The minimum Gasteiger partial charge on any atom is -0.354 e. The molecule has 0 saturated carbocycles. The summed E-state index contributed by atoms with van der Waals surface area (Å²) in [7, 11) is 0. The number of amides is 1. The highest BCUT2D eigenvalue weighted by Gasteiger charge is 2.43. The van der Waals surface area contributed by atoms with Crippen LogP contribution in [0.3, 0.4) is 0 Å². The summed E-state index contributed by atoms with van der Waals surface area (Å²) >= 11 is 0. The van der Waals surface area contributed by atoms with Gasteiger partial charge in [0.05, 0.1) is 0 Å². The number of alkyl halides is 3. The van der Waals surface area contributed by atoms with Crippen LogP contribution in [-0.2, 0) is 4.79 Å². The Balaban J connectivity index is 0.00000484. The summed E-state index contributed by atoms with van der Waals surface area (Å²) in [6.45, 7) is 9.40. The third kappa shape index (κ3) is 7.72. The highest BCUT2D eigenvalue weighted by molar-refractivity contribution is 5.85. The number of carbonyl (C=O) groups excluding carboxylic acids is 1. The standard InChI is InChI=1S/C15H28F3N3O.ClH/c1-11(14(2,3)4)9-13(22)20-10-12(15(16,17)18)21-7-5-19-6-8-21;/h11-12,19H,5-10H2,1-4H3,(H,20,22);1H. The summed E-state index contributed by atoms with van der Waals surface area (Å²) in [5.74, 6) is -0.206. The van der Waals surface area contributed by atoms with Crippen LogP contribution in [0, 0.1) is 11.3 Å². The van der Waals surface area contributed by atoms with Gasteiger partial charge in [0, 0.05) is 39.1 Å². The van der Waals surface area contributed by atoms with Gasteiger partial charge < -0.3 is 10.6 Å². The van der Waals surface area contributed by atoms with Gasteiger partial charge in [-0.3, -0.25) is 9.69 Å². The Kier molecular flexibility index (Phi) is 8.87. The van der Waals surface area contributed by atoms with Crippen molar-refractivity contribution < 1.29 is 18.0 Å². The SMILES string of the molecule is CC(CC(=O)NCC(N1CCNCC1)C(F)(F)F)C(C)(C)C.Cl. The summed E-state index contributed by atoms with van der Waals surface area (Å²) in [6.07, 6.45) is -4.09. The molecule has 1 rings (SSSR count). The van der Waals surface area contributed by atoms with Crippen molar-refractivity contribution in [1.82, 2.24) is 15.5 Å². The van der Waals surface area contributed by atoms with E-state index in [0.717, 1.165) is 0 Å². The van der Waals surface area contributed by atoms with E-state index in [9.17, 15) is 18.0 Å². The number of hydrogen-bond donors (Lipinski definition) is 2. The van der Waals surface area contributed by atoms with Crippen LogP contribution in [-0.4, -0.2) is 55.7 Å². The first-order valence-electron chi connectivity index (χ1n) is 7.80. The minimum atomic E-state index is -4.33. The maximum Gasteiger partial charge on any atom is 0.405 e. The number of carbonyl (C=O) groups is 1. The van der Waals surface area contributed by atoms with E-state index in [-0.39, 0.29) is 42.6 Å². The van der Waals surface area contributed by atoms with Gasteiger partial charge in [-0.25, -0.2) is 0 Å². The highest BCUT2D eigenvalue weighted by atomic mass is 35.5. The monoisotopic (exact) mass is 359 g/mol. The zero-order valence-electron chi connectivity index (χ0n) is 14.3. The smallest absolute Gasteiger partial charge is 0.354 e. The Morgan fingerprint density at radius 3 is 2.17 bits per heavy atom. The van der Waals surface area contributed by atoms with E-state index in [4.69, 9.17) is 0 Å². The molecule has 8 heteroatoms. The van der Waals surface area contributed by atoms with Crippen molar-refractivity contribution in [1.29, 1.82) is 0 Å². The molecule has 0 spiro atoms. The summed E-state index contributed by atoms with van der Waals surface area (Å²) in [4.78, 5) is 13.3. The number of halogens is 4. The predicted octanol–water partition coefficient (Wildman–Crippen LogP) is 2.43. The summed E-state index contributed by atoms with van der Waals surface area (Å²) in [5.41, 5.74) is -0.0424. The summed E-state index contributed by atoms with van der Waals surface area (Å²) in [6, 6.07) is -1.61. The molecular weight excluding hydrogens is 331 g/mol. The van der Waals surface area contributed by atoms with Gasteiger partial charge in [-0.05, 0) is 11.3 Å². The fraction of sp³-hybridized carbons (Fsp3) is 0.933. The van der Waals surface area contributed by atoms with Crippen molar-refractivity contribution in [2.45, 2.75) is 46.3 Å². The fourth-order valence-electron chi connectivity index (χ4n) is 2.31. The summed E-state index contributed by atoms with van der Waals surface area (Å²) < 4.78 is 39.6. The molecule has 0 radical (unpaired) electrons. The number of nitrogens with one attached hydrogen (secondary N) is 2. The van der Waals surface area contributed by atoms with Crippen molar-refractivity contribution in [2.24, 2.45) is 11.3 Å². The van der Waals surface area contributed by atoms with E-state index in [1.54, 1.807) is 0 Å². The maximum absolute atomic E-state index is 13.2. The molecule has 0 bridgehead atoms. The largest absolute Gasteiger partial charge is 0.405 e. The molecule has 1 amide bonds. The second kappa shape index (κ2) is 9.08. The molecule has 138 valence electrons. The van der Waals surface area contributed by atoms with Gasteiger partial charge in [0.2, 0.25) is 5.91 Å². The molecule has 0 aliphatic carbocycles. The summed E-state index contributed by atoms with van der Waals surface area (Å²) in [5, 5.41) is 5.50. The lowest BCUT2D eigenvalue weighted by molar-refractivity contribution is -0.184. The lowest BCUT2D eigenvalue weighted by Gasteiger charge is -2.36. The van der Waals surface area contributed by atoms with Gasteiger partial charge in [-0.15, -0.1) is 12.4 Å². The lowest BCUT2D eigenvalue weighted by Crippen LogP contribution is -2.57. The first-order valence-corrected chi connectivity index (χ1v) is 7.80.